The van der Waals surface area contributed by atoms with Gasteiger partial charge in [0.05, 0.1) is 19.8 Å². The van der Waals surface area contributed by atoms with E-state index in [0.29, 0.717) is 61.8 Å². The number of hydrogen-bond acceptors (Lipinski definition) is 5. The summed E-state index contributed by atoms with van der Waals surface area (Å²) in [6.07, 6.45) is 0. The van der Waals surface area contributed by atoms with Gasteiger partial charge in [-0.15, -0.1) is 0 Å². The van der Waals surface area contributed by atoms with Gasteiger partial charge < -0.3 is 24.4 Å². The molecule has 1 fully saturated rings. The summed E-state index contributed by atoms with van der Waals surface area (Å²) in [5.41, 5.74) is 0.569. The van der Waals surface area contributed by atoms with E-state index in [2.05, 4.69) is 12.2 Å². The molecule has 0 aromatic heterocycles. The molecular weight excluding hydrogens is 308 g/mol. The van der Waals surface area contributed by atoms with Crippen molar-refractivity contribution in [3.8, 4) is 17.2 Å². The lowest BCUT2D eigenvalue weighted by atomic mass is 10.1. The second-order valence-electron chi connectivity index (χ2n) is 5.71. The number of hydrogen-bond donors (Lipinski definition) is 1. The van der Waals surface area contributed by atoms with Crippen LogP contribution in [0, 0.1) is 0 Å². The Balaban J connectivity index is 2.36. The SMILES string of the molecule is CCOc1cc(C(=O)N2CCNC(C)C2)cc(OCC)c1OCC. The largest absolute Gasteiger partial charge is 0.490 e. The average molecular weight is 336 g/mol. The molecule has 0 saturated carbocycles. The lowest BCUT2D eigenvalue weighted by molar-refractivity contribution is 0.0708. The summed E-state index contributed by atoms with van der Waals surface area (Å²) in [6.45, 7) is 11.5. The van der Waals surface area contributed by atoms with Crippen molar-refractivity contribution < 1.29 is 19.0 Å². The molecule has 1 aliphatic rings. The van der Waals surface area contributed by atoms with Crippen molar-refractivity contribution in [2.75, 3.05) is 39.5 Å². The molecule has 1 unspecified atom stereocenters. The van der Waals surface area contributed by atoms with Gasteiger partial charge in [-0.1, -0.05) is 0 Å². The highest BCUT2D eigenvalue weighted by molar-refractivity contribution is 5.95. The Morgan fingerprint density at radius 2 is 1.71 bits per heavy atom. The van der Waals surface area contributed by atoms with Crippen molar-refractivity contribution in [2.24, 2.45) is 0 Å². The molecular formula is C18H28N2O4. The van der Waals surface area contributed by atoms with Crippen LogP contribution in [0.2, 0.25) is 0 Å². The summed E-state index contributed by atoms with van der Waals surface area (Å²) >= 11 is 0. The van der Waals surface area contributed by atoms with E-state index in [-0.39, 0.29) is 5.91 Å². The molecule has 0 aliphatic carbocycles. The lowest BCUT2D eigenvalue weighted by Crippen LogP contribution is -2.51. The second-order valence-corrected chi connectivity index (χ2v) is 5.71. The zero-order chi connectivity index (χ0) is 17.5. The standard InChI is InChI=1S/C18H28N2O4/c1-5-22-15-10-14(11-16(23-6-2)17(15)24-7-3)18(21)20-9-8-19-13(4)12-20/h10-11,13,19H,5-9,12H2,1-4H3. The van der Waals surface area contributed by atoms with E-state index in [1.54, 1.807) is 12.1 Å². The summed E-state index contributed by atoms with van der Waals surface area (Å²) in [6, 6.07) is 3.81. The van der Waals surface area contributed by atoms with Crippen LogP contribution < -0.4 is 19.5 Å². The van der Waals surface area contributed by atoms with E-state index in [0.717, 1.165) is 6.54 Å². The fourth-order valence-electron chi connectivity index (χ4n) is 2.81. The minimum absolute atomic E-state index is 0.00620. The van der Waals surface area contributed by atoms with Gasteiger partial charge in [0.2, 0.25) is 5.75 Å². The number of amides is 1. The zero-order valence-electron chi connectivity index (χ0n) is 15.1. The molecule has 1 atom stereocenters. The number of benzene rings is 1. The van der Waals surface area contributed by atoms with Gasteiger partial charge in [0.1, 0.15) is 0 Å². The molecule has 1 saturated heterocycles. The normalized spacial score (nSPS) is 17.5. The third-order valence-electron chi connectivity index (χ3n) is 3.81. The zero-order valence-corrected chi connectivity index (χ0v) is 15.1. The third-order valence-corrected chi connectivity index (χ3v) is 3.81. The number of carbonyl (C=O) groups excluding carboxylic acids is 1. The Labute approximate surface area is 144 Å². The van der Waals surface area contributed by atoms with Crippen LogP contribution in [0.15, 0.2) is 12.1 Å². The van der Waals surface area contributed by atoms with Gasteiger partial charge >= 0.3 is 0 Å². The molecule has 6 heteroatoms. The predicted octanol–water partition coefficient (Wildman–Crippen LogP) is 2.32. The van der Waals surface area contributed by atoms with Crippen LogP contribution in [0.4, 0.5) is 0 Å². The first-order valence-corrected chi connectivity index (χ1v) is 8.69. The number of nitrogens with zero attached hydrogens (tertiary/aromatic N) is 1. The van der Waals surface area contributed by atoms with Gasteiger partial charge in [0.25, 0.3) is 5.91 Å². The molecule has 1 aliphatic heterocycles. The van der Waals surface area contributed by atoms with Crippen molar-refractivity contribution in [2.45, 2.75) is 33.7 Å². The molecule has 0 radical (unpaired) electrons. The van der Waals surface area contributed by atoms with Crippen molar-refractivity contribution in [1.82, 2.24) is 10.2 Å². The van der Waals surface area contributed by atoms with Crippen molar-refractivity contribution in [1.29, 1.82) is 0 Å². The fourth-order valence-corrected chi connectivity index (χ4v) is 2.81. The smallest absolute Gasteiger partial charge is 0.254 e. The third kappa shape index (κ3) is 4.32. The van der Waals surface area contributed by atoms with Crippen LogP contribution >= 0.6 is 0 Å². The maximum Gasteiger partial charge on any atom is 0.254 e. The van der Waals surface area contributed by atoms with E-state index >= 15 is 0 Å². The molecule has 6 nitrogen and oxygen atoms in total. The predicted molar refractivity (Wildman–Crippen MR) is 93.3 cm³/mol. The van der Waals surface area contributed by atoms with Gasteiger partial charge in [0.15, 0.2) is 11.5 Å². The highest BCUT2D eigenvalue weighted by Crippen LogP contribution is 2.39. The van der Waals surface area contributed by atoms with Gasteiger partial charge in [-0.25, -0.2) is 0 Å². The Kier molecular flexibility index (Phi) is 6.73. The quantitative estimate of drug-likeness (QED) is 0.828. The molecule has 134 valence electrons. The Morgan fingerprint density at radius 1 is 1.12 bits per heavy atom. The van der Waals surface area contributed by atoms with Crippen molar-refractivity contribution in [3.05, 3.63) is 17.7 Å². The highest BCUT2D eigenvalue weighted by atomic mass is 16.5. The van der Waals surface area contributed by atoms with Gasteiger partial charge in [-0.05, 0) is 39.8 Å². The van der Waals surface area contributed by atoms with E-state index in [9.17, 15) is 4.79 Å². The van der Waals surface area contributed by atoms with Crippen LogP contribution in [0.1, 0.15) is 38.1 Å². The Morgan fingerprint density at radius 3 is 2.21 bits per heavy atom. The first-order chi connectivity index (χ1) is 11.6. The first-order valence-electron chi connectivity index (χ1n) is 8.69. The number of rotatable bonds is 7. The monoisotopic (exact) mass is 336 g/mol. The van der Waals surface area contributed by atoms with E-state index < -0.39 is 0 Å². The average Bonchev–Trinajstić information content (AvgIpc) is 2.57. The lowest BCUT2D eigenvalue weighted by Gasteiger charge is -2.32. The van der Waals surface area contributed by atoms with Crippen LogP contribution in [0.25, 0.3) is 0 Å². The van der Waals surface area contributed by atoms with E-state index in [1.807, 2.05) is 25.7 Å². The Hall–Kier alpha value is -1.95. The summed E-state index contributed by atoms with van der Waals surface area (Å²) in [5.74, 6) is 1.66. The van der Waals surface area contributed by atoms with Gasteiger partial charge in [-0.3, -0.25) is 4.79 Å². The van der Waals surface area contributed by atoms with Gasteiger partial charge in [0, 0.05) is 31.2 Å². The molecule has 1 aromatic carbocycles. The molecule has 1 heterocycles. The van der Waals surface area contributed by atoms with Crippen molar-refractivity contribution >= 4 is 5.91 Å². The molecule has 0 spiro atoms. The molecule has 1 amide bonds. The number of carbonyl (C=O) groups is 1. The summed E-state index contributed by atoms with van der Waals surface area (Å²) < 4.78 is 17.1. The van der Waals surface area contributed by atoms with E-state index in [1.165, 1.54) is 0 Å². The number of piperazine rings is 1. The van der Waals surface area contributed by atoms with Crippen LogP contribution in [-0.4, -0.2) is 56.3 Å². The second kappa shape index (κ2) is 8.78. The topological polar surface area (TPSA) is 60.0 Å². The fraction of sp³-hybridized carbons (Fsp3) is 0.611. The maximum atomic E-state index is 12.9. The molecule has 1 aromatic rings. The van der Waals surface area contributed by atoms with Crippen molar-refractivity contribution in [3.63, 3.8) is 0 Å². The number of nitrogens with one attached hydrogen (secondary N) is 1. The summed E-state index contributed by atoms with van der Waals surface area (Å²) in [4.78, 5) is 14.7. The minimum Gasteiger partial charge on any atom is -0.490 e. The highest BCUT2D eigenvalue weighted by Gasteiger charge is 2.24. The van der Waals surface area contributed by atoms with Crippen LogP contribution in [-0.2, 0) is 0 Å². The summed E-state index contributed by atoms with van der Waals surface area (Å²) in [7, 11) is 0. The van der Waals surface area contributed by atoms with Crippen LogP contribution in [0.5, 0.6) is 17.2 Å². The maximum absolute atomic E-state index is 12.9. The minimum atomic E-state index is -0.00620. The van der Waals surface area contributed by atoms with Gasteiger partial charge in [-0.2, -0.15) is 0 Å². The van der Waals surface area contributed by atoms with Crippen LogP contribution in [0.3, 0.4) is 0 Å². The first kappa shape index (κ1) is 18.4. The summed E-state index contributed by atoms with van der Waals surface area (Å²) in [5, 5.41) is 3.34. The molecule has 24 heavy (non-hydrogen) atoms. The molecule has 2 rings (SSSR count). The number of ether oxygens (including phenoxy) is 3. The molecule has 1 N–H and O–H groups in total. The molecule has 0 bridgehead atoms. The Bertz CT molecular complexity index is 535. The van der Waals surface area contributed by atoms with E-state index in [4.69, 9.17) is 14.2 Å².